The molecule has 6 nitrogen and oxygen atoms in total. The lowest BCUT2D eigenvalue weighted by Crippen LogP contribution is -2.46. The van der Waals surface area contributed by atoms with Crippen LogP contribution in [0.25, 0.3) is 0 Å². The number of amides is 1. The summed E-state index contributed by atoms with van der Waals surface area (Å²) in [6.45, 7) is 3.15. The summed E-state index contributed by atoms with van der Waals surface area (Å²) in [6.07, 6.45) is -4.41. The van der Waals surface area contributed by atoms with Gasteiger partial charge < -0.3 is 20.7 Å². The van der Waals surface area contributed by atoms with E-state index in [-0.39, 0.29) is 11.6 Å². The summed E-state index contributed by atoms with van der Waals surface area (Å²) >= 11 is 0. The lowest BCUT2D eigenvalue weighted by atomic mass is 10.1. The molecule has 0 radical (unpaired) electrons. The Bertz CT molecular complexity index is 574. The number of benzene rings is 1. The summed E-state index contributed by atoms with van der Waals surface area (Å²) in [6, 6.07) is 4.14. The molecular weight excluding hydrogens is 337 g/mol. The number of rotatable bonds is 7. The number of methoxy groups -OCH3 is 1. The molecule has 0 saturated heterocycles. The molecule has 140 valence electrons. The molecule has 0 spiro atoms. The van der Waals surface area contributed by atoms with E-state index in [4.69, 9.17) is 4.74 Å². The van der Waals surface area contributed by atoms with E-state index >= 15 is 0 Å². The normalized spacial score (nSPS) is 13.3. The number of halogens is 3. The molecule has 1 aromatic rings. The van der Waals surface area contributed by atoms with Gasteiger partial charge in [0, 0.05) is 38.9 Å². The van der Waals surface area contributed by atoms with Crippen LogP contribution < -0.4 is 16.0 Å². The van der Waals surface area contributed by atoms with Gasteiger partial charge in [0.25, 0.3) is 5.91 Å². The SMILES string of the molecule is CN=C(NCCNC(=O)c1ccc(C(F)(F)F)cc1)NC(C)COC. The van der Waals surface area contributed by atoms with Gasteiger partial charge in [-0.1, -0.05) is 0 Å². The van der Waals surface area contributed by atoms with Gasteiger partial charge in [-0.2, -0.15) is 13.2 Å². The molecule has 0 saturated carbocycles. The minimum absolute atomic E-state index is 0.0675. The number of hydrogen-bond acceptors (Lipinski definition) is 3. The first-order chi connectivity index (χ1) is 11.8. The van der Waals surface area contributed by atoms with E-state index in [1.807, 2.05) is 6.92 Å². The summed E-state index contributed by atoms with van der Waals surface area (Å²) in [5.41, 5.74) is -0.616. The molecule has 0 heterocycles. The first-order valence-electron chi connectivity index (χ1n) is 7.69. The number of nitrogens with one attached hydrogen (secondary N) is 3. The van der Waals surface area contributed by atoms with Gasteiger partial charge in [0.1, 0.15) is 0 Å². The minimum atomic E-state index is -4.41. The first kappa shape index (κ1) is 20.8. The van der Waals surface area contributed by atoms with Gasteiger partial charge in [0.2, 0.25) is 0 Å². The maximum atomic E-state index is 12.5. The third-order valence-corrected chi connectivity index (χ3v) is 3.20. The maximum absolute atomic E-state index is 12.5. The Balaban J connectivity index is 2.39. The number of carbonyl (C=O) groups is 1. The van der Waals surface area contributed by atoms with Gasteiger partial charge in [-0.15, -0.1) is 0 Å². The van der Waals surface area contributed by atoms with Gasteiger partial charge in [-0.3, -0.25) is 9.79 Å². The zero-order chi connectivity index (χ0) is 18.9. The van der Waals surface area contributed by atoms with Crippen LogP contribution in [0, 0.1) is 0 Å². The quantitative estimate of drug-likeness (QED) is 0.393. The van der Waals surface area contributed by atoms with E-state index in [0.717, 1.165) is 24.3 Å². The fourth-order valence-corrected chi connectivity index (χ4v) is 1.99. The van der Waals surface area contributed by atoms with E-state index in [2.05, 4.69) is 20.9 Å². The summed E-state index contributed by atoms with van der Waals surface area (Å²) < 4.78 is 42.5. The molecule has 1 rings (SSSR count). The predicted octanol–water partition coefficient (Wildman–Crippen LogP) is 1.64. The molecule has 1 unspecified atom stereocenters. The number of hydrogen-bond donors (Lipinski definition) is 3. The van der Waals surface area contributed by atoms with Gasteiger partial charge >= 0.3 is 6.18 Å². The highest BCUT2D eigenvalue weighted by Gasteiger charge is 2.30. The van der Waals surface area contributed by atoms with Crippen molar-refractivity contribution in [1.29, 1.82) is 0 Å². The highest BCUT2D eigenvalue weighted by atomic mass is 19.4. The molecule has 1 amide bonds. The molecule has 0 fully saturated rings. The molecule has 1 aromatic carbocycles. The van der Waals surface area contributed by atoms with Crippen molar-refractivity contribution in [3.8, 4) is 0 Å². The van der Waals surface area contributed by atoms with Crippen molar-refractivity contribution in [2.75, 3.05) is 33.9 Å². The topological polar surface area (TPSA) is 74.8 Å². The standard InChI is InChI=1S/C16H23F3N4O2/c1-11(10-25-3)23-15(20-2)22-9-8-21-14(24)12-4-6-13(7-5-12)16(17,18)19/h4-7,11H,8-10H2,1-3H3,(H,21,24)(H2,20,22,23). The van der Waals surface area contributed by atoms with Gasteiger partial charge in [0.15, 0.2) is 5.96 Å². The fourth-order valence-electron chi connectivity index (χ4n) is 1.99. The lowest BCUT2D eigenvalue weighted by Gasteiger charge is -2.17. The van der Waals surface area contributed by atoms with Crippen LogP contribution in [0.2, 0.25) is 0 Å². The smallest absolute Gasteiger partial charge is 0.383 e. The predicted molar refractivity (Wildman–Crippen MR) is 89.6 cm³/mol. The van der Waals surface area contributed by atoms with Crippen molar-refractivity contribution in [3.63, 3.8) is 0 Å². The van der Waals surface area contributed by atoms with Gasteiger partial charge in [0.05, 0.1) is 12.2 Å². The highest BCUT2D eigenvalue weighted by Crippen LogP contribution is 2.28. The zero-order valence-electron chi connectivity index (χ0n) is 14.4. The van der Waals surface area contributed by atoms with E-state index in [9.17, 15) is 18.0 Å². The third-order valence-electron chi connectivity index (χ3n) is 3.20. The Kier molecular flexibility index (Phi) is 8.20. The molecule has 0 aromatic heterocycles. The van der Waals surface area contributed by atoms with Crippen LogP contribution in [0.3, 0.4) is 0 Å². The maximum Gasteiger partial charge on any atom is 0.416 e. The second kappa shape index (κ2) is 9.87. The number of carbonyl (C=O) groups excluding carboxylic acids is 1. The van der Waals surface area contributed by atoms with Crippen LogP contribution in [0.1, 0.15) is 22.8 Å². The van der Waals surface area contributed by atoms with Crippen LogP contribution in [0.4, 0.5) is 13.2 Å². The number of nitrogens with zero attached hydrogens (tertiary/aromatic N) is 1. The zero-order valence-corrected chi connectivity index (χ0v) is 14.4. The van der Waals surface area contributed by atoms with Crippen LogP contribution in [-0.4, -0.2) is 51.8 Å². The molecule has 0 aliphatic heterocycles. The van der Waals surface area contributed by atoms with Gasteiger partial charge in [-0.05, 0) is 31.2 Å². The Labute approximate surface area is 144 Å². The fraction of sp³-hybridized carbons (Fsp3) is 0.500. The van der Waals surface area contributed by atoms with E-state index < -0.39 is 17.6 Å². The summed E-state index contributed by atoms with van der Waals surface area (Å²) in [5.74, 6) is 0.125. The Morgan fingerprint density at radius 3 is 2.32 bits per heavy atom. The average molecular weight is 360 g/mol. The van der Waals surface area contributed by atoms with Crippen LogP contribution >= 0.6 is 0 Å². The summed E-state index contributed by atoms with van der Waals surface area (Å²) in [4.78, 5) is 15.9. The largest absolute Gasteiger partial charge is 0.416 e. The van der Waals surface area contributed by atoms with Crippen molar-refractivity contribution in [1.82, 2.24) is 16.0 Å². The van der Waals surface area contributed by atoms with E-state index in [1.165, 1.54) is 0 Å². The number of ether oxygens (including phenoxy) is 1. The van der Waals surface area contributed by atoms with Crippen molar-refractivity contribution in [2.45, 2.75) is 19.1 Å². The van der Waals surface area contributed by atoms with E-state index in [1.54, 1.807) is 14.2 Å². The van der Waals surface area contributed by atoms with Crippen molar-refractivity contribution in [3.05, 3.63) is 35.4 Å². The molecule has 9 heteroatoms. The van der Waals surface area contributed by atoms with Crippen LogP contribution in [-0.2, 0) is 10.9 Å². The molecule has 3 N–H and O–H groups in total. The summed E-state index contributed by atoms with van der Waals surface area (Å²) in [7, 11) is 3.22. The number of alkyl halides is 3. The third kappa shape index (κ3) is 7.42. The Morgan fingerprint density at radius 1 is 1.20 bits per heavy atom. The van der Waals surface area contributed by atoms with Crippen molar-refractivity contribution < 1.29 is 22.7 Å². The summed E-state index contributed by atoms with van der Waals surface area (Å²) in [5, 5.41) is 8.74. The minimum Gasteiger partial charge on any atom is -0.383 e. The molecule has 25 heavy (non-hydrogen) atoms. The van der Waals surface area contributed by atoms with Crippen LogP contribution in [0.5, 0.6) is 0 Å². The van der Waals surface area contributed by atoms with E-state index in [0.29, 0.717) is 25.7 Å². The molecule has 0 bridgehead atoms. The Morgan fingerprint density at radius 2 is 1.80 bits per heavy atom. The average Bonchev–Trinajstić information content (AvgIpc) is 2.57. The first-order valence-corrected chi connectivity index (χ1v) is 7.69. The molecule has 0 aliphatic carbocycles. The lowest BCUT2D eigenvalue weighted by molar-refractivity contribution is -0.137. The molecular formula is C16H23F3N4O2. The number of guanidine groups is 1. The monoisotopic (exact) mass is 360 g/mol. The molecule has 1 atom stereocenters. The van der Waals surface area contributed by atoms with Crippen molar-refractivity contribution in [2.24, 2.45) is 4.99 Å². The highest BCUT2D eigenvalue weighted by molar-refractivity contribution is 5.94. The van der Waals surface area contributed by atoms with Crippen LogP contribution in [0.15, 0.2) is 29.3 Å². The number of aliphatic imine (C=N–C) groups is 1. The Hall–Kier alpha value is -2.29. The van der Waals surface area contributed by atoms with Gasteiger partial charge in [-0.25, -0.2) is 0 Å². The molecule has 0 aliphatic rings. The second-order valence-corrected chi connectivity index (χ2v) is 5.33. The second-order valence-electron chi connectivity index (χ2n) is 5.33. The van der Waals surface area contributed by atoms with Crippen molar-refractivity contribution >= 4 is 11.9 Å².